The van der Waals surface area contributed by atoms with Crippen molar-refractivity contribution in [3.05, 3.63) is 63.0 Å². The van der Waals surface area contributed by atoms with Gasteiger partial charge >= 0.3 is 0 Å². The number of ether oxygens (including phenoxy) is 1. The van der Waals surface area contributed by atoms with Crippen LogP contribution in [0.4, 0.5) is 0 Å². The molecule has 8 heteroatoms. The molecule has 0 saturated carbocycles. The summed E-state index contributed by atoms with van der Waals surface area (Å²) in [4.78, 5) is 26.7. The number of nitrogens with zero attached hydrogens (tertiary/aromatic N) is 3. The number of fused-ring (bicyclic) bond motifs is 3. The predicted molar refractivity (Wildman–Crippen MR) is 123 cm³/mol. The maximum atomic E-state index is 13.0. The zero-order valence-electron chi connectivity index (χ0n) is 18.0. The number of nitrogens with one attached hydrogen (secondary N) is 1. The molecule has 0 spiro atoms. The second-order valence-electron chi connectivity index (χ2n) is 7.47. The molecule has 31 heavy (non-hydrogen) atoms. The second kappa shape index (κ2) is 8.93. The third-order valence-electron chi connectivity index (χ3n) is 5.06. The van der Waals surface area contributed by atoms with Gasteiger partial charge in [0.1, 0.15) is 23.6 Å². The molecule has 0 bridgehead atoms. The molecule has 4 rings (SSSR count). The first-order valence-electron chi connectivity index (χ1n) is 10.5. The monoisotopic (exact) mass is 438 g/mol. The fraction of sp³-hybridized carbons (Fsp3) is 0.348. The highest BCUT2D eigenvalue weighted by molar-refractivity contribution is 7.19. The molecule has 0 aliphatic rings. The number of aryl methyl sites for hydroxylation is 2. The summed E-state index contributed by atoms with van der Waals surface area (Å²) in [5.41, 5.74) is 2.26. The lowest BCUT2D eigenvalue weighted by atomic mass is 10.2. The van der Waals surface area contributed by atoms with Crippen molar-refractivity contribution in [3.8, 4) is 5.75 Å². The molecule has 0 aliphatic carbocycles. The van der Waals surface area contributed by atoms with Crippen LogP contribution in [0.1, 0.15) is 36.5 Å². The van der Waals surface area contributed by atoms with E-state index in [9.17, 15) is 9.59 Å². The van der Waals surface area contributed by atoms with Crippen LogP contribution >= 0.6 is 11.3 Å². The fourth-order valence-corrected chi connectivity index (χ4v) is 4.51. The van der Waals surface area contributed by atoms with Gasteiger partial charge in [0.25, 0.3) is 5.56 Å². The number of rotatable bonds is 8. The topological polar surface area (TPSA) is 77.6 Å². The minimum absolute atomic E-state index is 0.113. The number of hydrogen-bond acceptors (Lipinski definition) is 5. The Kier molecular flexibility index (Phi) is 6.08. The normalized spacial score (nSPS) is 11.3. The summed E-state index contributed by atoms with van der Waals surface area (Å²) in [6, 6.07) is 11.6. The van der Waals surface area contributed by atoms with E-state index in [2.05, 4.69) is 23.4 Å². The number of aromatic nitrogens is 3. The highest BCUT2D eigenvalue weighted by Crippen LogP contribution is 2.28. The van der Waals surface area contributed by atoms with Crippen molar-refractivity contribution in [3.63, 3.8) is 0 Å². The first kappa shape index (κ1) is 21.1. The van der Waals surface area contributed by atoms with Crippen LogP contribution in [0.2, 0.25) is 0 Å². The lowest BCUT2D eigenvalue weighted by Gasteiger charge is -2.11. The van der Waals surface area contributed by atoms with Gasteiger partial charge in [0.2, 0.25) is 5.91 Å². The number of carbonyl (C=O) groups is 1. The Hall–Kier alpha value is -3.13. The van der Waals surface area contributed by atoms with E-state index in [-0.39, 0.29) is 18.0 Å². The lowest BCUT2D eigenvalue weighted by molar-refractivity contribution is -0.122. The van der Waals surface area contributed by atoms with E-state index in [0.29, 0.717) is 25.1 Å². The number of carbonyl (C=O) groups excluding carboxylic acids is 1. The minimum atomic E-state index is -0.258. The largest absolute Gasteiger partial charge is 0.494 e. The highest BCUT2D eigenvalue weighted by Gasteiger charge is 2.16. The van der Waals surface area contributed by atoms with Gasteiger partial charge in [-0.2, -0.15) is 5.10 Å². The molecule has 0 fully saturated rings. The molecule has 7 nitrogen and oxygen atoms in total. The van der Waals surface area contributed by atoms with E-state index in [1.807, 2.05) is 48.6 Å². The van der Waals surface area contributed by atoms with E-state index in [0.717, 1.165) is 33.8 Å². The van der Waals surface area contributed by atoms with Crippen LogP contribution in [-0.4, -0.2) is 26.7 Å². The number of hydrogen-bond donors (Lipinski definition) is 1. The van der Waals surface area contributed by atoms with Gasteiger partial charge < -0.3 is 10.1 Å². The molecule has 162 valence electrons. The molecule has 0 unspecified atom stereocenters. The van der Waals surface area contributed by atoms with Crippen molar-refractivity contribution < 1.29 is 9.53 Å². The van der Waals surface area contributed by atoms with Crippen LogP contribution in [0.25, 0.3) is 15.7 Å². The van der Waals surface area contributed by atoms with E-state index in [1.165, 1.54) is 9.56 Å². The van der Waals surface area contributed by atoms with Crippen LogP contribution in [0.3, 0.4) is 0 Å². The zero-order valence-corrected chi connectivity index (χ0v) is 18.8. The van der Waals surface area contributed by atoms with Crippen molar-refractivity contribution in [2.75, 3.05) is 6.61 Å². The summed E-state index contributed by atoms with van der Waals surface area (Å²) in [5, 5.41) is 7.35. The Bertz CT molecular complexity index is 1280. The first-order valence-corrected chi connectivity index (χ1v) is 11.3. The van der Waals surface area contributed by atoms with Gasteiger partial charge in [-0.05, 0) is 43.2 Å². The average molecular weight is 439 g/mol. The summed E-state index contributed by atoms with van der Waals surface area (Å²) in [5.74, 6) is 1.32. The van der Waals surface area contributed by atoms with E-state index < -0.39 is 0 Å². The maximum Gasteiger partial charge on any atom is 0.291 e. The summed E-state index contributed by atoms with van der Waals surface area (Å²) in [6.45, 7) is 7.05. The van der Waals surface area contributed by atoms with Crippen LogP contribution in [-0.2, 0) is 24.3 Å². The molecule has 0 radical (unpaired) electrons. The fourth-order valence-electron chi connectivity index (χ4n) is 3.56. The number of thiophene rings is 1. The van der Waals surface area contributed by atoms with Gasteiger partial charge in [0.15, 0.2) is 0 Å². The first-order chi connectivity index (χ1) is 15.0. The summed E-state index contributed by atoms with van der Waals surface area (Å²) < 4.78 is 9.81. The van der Waals surface area contributed by atoms with Crippen LogP contribution < -0.4 is 15.6 Å². The standard InChI is InChI=1S/C23H26N4O3S/c1-4-10-30-17-8-6-16(7-9-17)13-24-22(28)14-26-23(29)19-12-20-18(11-15(3)31-20)27(19)21(5-2)25-26/h6-9,11-12H,4-5,10,13-14H2,1-3H3,(H,24,28). The highest BCUT2D eigenvalue weighted by atomic mass is 32.1. The molecule has 0 aliphatic heterocycles. The van der Waals surface area contributed by atoms with Gasteiger partial charge in [0, 0.05) is 17.8 Å². The van der Waals surface area contributed by atoms with Crippen LogP contribution in [0.5, 0.6) is 5.75 Å². The molecule has 0 atom stereocenters. The summed E-state index contributed by atoms with van der Waals surface area (Å²) in [7, 11) is 0. The minimum Gasteiger partial charge on any atom is -0.494 e. The van der Waals surface area contributed by atoms with Crippen LogP contribution in [0.15, 0.2) is 41.2 Å². The van der Waals surface area contributed by atoms with Gasteiger partial charge in [-0.3, -0.25) is 14.0 Å². The SMILES string of the molecule is CCCOc1ccc(CNC(=O)Cn2nc(CC)n3c(cc4sc(C)cc43)c2=O)cc1. The molecule has 1 N–H and O–H groups in total. The predicted octanol–water partition coefficient (Wildman–Crippen LogP) is 3.69. The Balaban J connectivity index is 1.49. The third kappa shape index (κ3) is 4.34. The van der Waals surface area contributed by atoms with Crippen molar-refractivity contribution >= 4 is 33.0 Å². The molecular weight excluding hydrogens is 412 g/mol. The Morgan fingerprint density at radius 1 is 1.16 bits per heavy atom. The van der Waals surface area contributed by atoms with Gasteiger partial charge in [0.05, 0.1) is 16.8 Å². The lowest BCUT2D eigenvalue weighted by Crippen LogP contribution is -2.35. The quantitative estimate of drug-likeness (QED) is 0.455. The van der Waals surface area contributed by atoms with Crippen molar-refractivity contribution in [1.29, 1.82) is 0 Å². The smallest absolute Gasteiger partial charge is 0.291 e. The van der Waals surface area contributed by atoms with E-state index >= 15 is 0 Å². The Morgan fingerprint density at radius 2 is 1.94 bits per heavy atom. The number of amides is 1. The molecule has 1 amide bonds. The molecule has 4 aromatic rings. The molecule has 3 heterocycles. The van der Waals surface area contributed by atoms with Crippen molar-refractivity contribution in [1.82, 2.24) is 19.5 Å². The zero-order chi connectivity index (χ0) is 22.0. The van der Waals surface area contributed by atoms with Gasteiger partial charge in [-0.1, -0.05) is 26.0 Å². The second-order valence-corrected chi connectivity index (χ2v) is 8.76. The molecule has 0 saturated heterocycles. The Labute approximate surface area is 184 Å². The van der Waals surface area contributed by atoms with Gasteiger partial charge in [-0.15, -0.1) is 11.3 Å². The Morgan fingerprint density at radius 3 is 2.65 bits per heavy atom. The van der Waals surface area contributed by atoms with Crippen molar-refractivity contribution in [2.45, 2.75) is 46.7 Å². The maximum absolute atomic E-state index is 13.0. The summed E-state index contributed by atoms with van der Waals surface area (Å²) in [6.07, 6.45) is 1.61. The van der Waals surface area contributed by atoms with E-state index in [1.54, 1.807) is 11.3 Å². The average Bonchev–Trinajstić information content (AvgIpc) is 3.30. The molecule has 1 aromatic carbocycles. The van der Waals surface area contributed by atoms with E-state index in [4.69, 9.17) is 4.74 Å². The molecular formula is C23H26N4O3S. The molecule has 3 aromatic heterocycles. The number of benzene rings is 1. The van der Waals surface area contributed by atoms with Crippen molar-refractivity contribution in [2.24, 2.45) is 0 Å². The summed E-state index contributed by atoms with van der Waals surface area (Å²) >= 11 is 1.65. The third-order valence-corrected chi connectivity index (χ3v) is 6.04. The van der Waals surface area contributed by atoms with Crippen LogP contribution in [0, 0.1) is 6.92 Å². The van der Waals surface area contributed by atoms with Gasteiger partial charge in [-0.25, -0.2) is 4.68 Å².